The van der Waals surface area contributed by atoms with E-state index in [0.29, 0.717) is 17.4 Å². The number of anilines is 1. The van der Waals surface area contributed by atoms with Gasteiger partial charge in [-0.2, -0.15) is 0 Å². The fourth-order valence-electron chi connectivity index (χ4n) is 2.81. The molecule has 1 saturated heterocycles. The van der Waals surface area contributed by atoms with Crippen LogP contribution < -0.4 is 10.6 Å². The molecule has 1 heterocycles. The van der Waals surface area contributed by atoms with Gasteiger partial charge in [-0.3, -0.25) is 0 Å². The van der Waals surface area contributed by atoms with E-state index in [1.54, 1.807) is 0 Å². The van der Waals surface area contributed by atoms with Crippen LogP contribution in [0.3, 0.4) is 0 Å². The van der Waals surface area contributed by atoms with Crippen molar-refractivity contribution in [3.63, 3.8) is 0 Å². The van der Waals surface area contributed by atoms with Gasteiger partial charge in [0.2, 0.25) is 0 Å². The first-order valence-electron chi connectivity index (χ1n) is 6.59. The van der Waals surface area contributed by atoms with Gasteiger partial charge in [0.25, 0.3) is 0 Å². The number of nitrogen functional groups attached to an aromatic ring is 1. The molecule has 1 aromatic rings. The minimum absolute atomic E-state index is 0.369. The summed E-state index contributed by atoms with van der Waals surface area (Å²) in [6, 6.07) is 3.77. The smallest absolute Gasteiger partial charge is 0.188 e. The summed E-state index contributed by atoms with van der Waals surface area (Å²) in [7, 11) is 0. The summed E-state index contributed by atoms with van der Waals surface area (Å²) in [5, 5.41) is 8.82. The van der Waals surface area contributed by atoms with Gasteiger partial charge in [0, 0.05) is 0 Å². The number of benzene rings is 1. The van der Waals surface area contributed by atoms with Gasteiger partial charge < -0.3 is 15.5 Å². The van der Waals surface area contributed by atoms with Crippen molar-refractivity contribution in [2.75, 3.05) is 25.4 Å². The third-order valence-electron chi connectivity index (χ3n) is 3.97. The van der Waals surface area contributed by atoms with Gasteiger partial charge in [0.1, 0.15) is 0 Å². The van der Waals surface area contributed by atoms with Crippen LogP contribution in [0.25, 0.3) is 0 Å². The molecule has 0 bridgehead atoms. The SMILES string of the molecule is CCN1CCC(c2cc(OO)c(N)cc2C)CC1. The Bertz CT molecular complexity index is 413. The molecule has 0 aliphatic carbocycles. The van der Waals surface area contributed by atoms with Crippen LogP contribution >= 0.6 is 0 Å². The highest BCUT2D eigenvalue weighted by atomic mass is 17.1. The van der Waals surface area contributed by atoms with Gasteiger partial charge >= 0.3 is 0 Å². The Morgan fingerprint density at radius 1 is 1.39 bits per heavy atom. The standard InChI is InChI=1S/C14H22N2O2/c1-3-16-6-4-11(5-7-16)12-9-14(18-17)13(15)8-10(12)2/h8-9,11,17H,3-7,15H2,1-2H3. The van der Waals surface area contributed by atoms with Gasteiger partial charge in [-0.25, -0.2) is 5.26 Å². The molecule has 1 aromatic carbocycles. The van der Waals surface area contributed by atoms with Gasteiger partial charge in [-0.1, -0.05) is 6.92 Å². The van der Waals surface area contributed by atoms with Crippen LogP contribution in [0.5, 0.6) is 5.75 Å². The molecule has 4 heteroatoms. The number of nitrogens with two attached hydrogens (primary N) is 1. The lowest BCUT2D eigenvalue weighted by atomic mass is 9.86. The average molecular weight is 250 g/mol. The van der Waals surface area contributed by atoms with Gasteiger partial charge in [0.15, 0.2) is 5.75 Å². The molecule has 100 valence electrons. The number of piperidine rings is 1. The van der Waals surface area contributed by atoms with E-state index in [1.807, 2.05) is 12.1 Å². The van der Waals surface area contributed by atoms with Crippen molar-refractivity contribution in [2.24, 2.45) is 0 Å². The average Bonchev–Trinajstić information content (AvgIpc) is 2.39. The summed E-state index contributed by atoms with van der Waals surface area (Å²) < 4.78 is 0. The second kappa shape index (κ2) is 5.59. The monoisotopic (exact) mass is 250 g/mol. The Hall–Kier alpha value is -1.26. The largest absolute Gasteiger partial charge is 0.396 e. The van der Waals surface area contributed by atoms with Gasteiger partial charge in [0.05, 0.1) is 5.69 Å². The third-order valence-corrected chi connectivity index (χ3v) is 3.97. The van der Waals surface area contributed by atoms with Crippen LogP contribution in [-0.2, 0) is 0 Å². The molecule has 1 aliphatic rings. The van der Waals surface area contributed by atoms with E-state index in [-0.39, 0.29) is 0 Å². The first-order valence-corrected chi connectivity index (χ1v) is 6.59. The molecular formula is C14H22N2O2. The number of hydrogen-bond donors (Lipinski definition) is 2. The van der Waals surface area contributed by atoms with Crippen molar-refractivity contribution in [1.29, 1.82) is 0 Å². The summed E-state index contributed by atoms with van der Waals surface area (Å²) in [6.07, 6.45) is 2.31. The lowest BCUT2D eigenvalue weighted by Crippen LogP contribution is -2.32. The first-order chi connectivity index (χ1) is 8.65. The maximum absolute atomic E-state index is 8.82. The number of likely N-dealkylation sites (tertiary alicyclic amines) is 1. The Kier molecular flexibility index (Phi) is 4.09. The normalized spacial score (nSPS) is 17.9. The van der Waals surface area contributed by atoms with Gasteiger partial charge in [-0.05, 0) is 68.6 Å². The van der Waals surface area contributed by atoms with Crippen molar-refractivity contribution in [2.45, 2.75) is 32.6 Å². The van der Waals surface area contributed by atoms with E-state index in [0.717, 1.165) is 32.5 Å². The Morgan fingerprint density at radius 3 is 2.61 bits per heavy atom. The van der Waals surface area contributed by atoms with Crippen molar-refractivity contribution < 1.29 is 10.1 Å². The second-order valence-electron chi connectivity index (χ2n) is 5.05. The highest BCUT2D eigenvalue weighted by Gasteiger charge is 2.22. The van der Waals surface area contributed by atoms with E-state index in [2.05, 4.69) is 23.6 Å². The number of rotatable bonds is 3. The fraction of sp³-hybridized carbons (Fsp3) is 0.571. The van der Waals surface area contributed by atoms with Crippen LogP contribution in [0.1, 0.15) is 36.8 Å². The Labute approximate surface area is 108 Å². The lowest BCUT2D eigenvalue weighted by molar-refractivity contribution is -0.136. The van der Waals surface area contributed by atoms with E-state index in [4.69, 9.17) is 11.0 Å². The molecule has 0 spiro atoms. The lowest BCUT2D eigenvalue weighted by Gasteiger charge is -2.32. The molecule has 0 aromatic heterocycles. The van der Waals surface area contributed by atoms with Gasteiger partial charge in [-0.15, -0.1) is 0 Å². The van der Waals surface area contributed by atoms with E-state index in [9.17, 15) is 0 Å². The third kappa shape index (κ3) is 2.60. The summed E-state index contributed by atoms with van der Waals surface area (Å²) in [4.78, 5) is 6.80. The zero-order valence-corrected chi connectivity index (χ0v) is 11.1. The van der Waals surface area contributed by atoms with Crippen molar-refractivity contribution in [1.82, 2.24) is 4.90 Å². The Morgan fingerprint density at radius 2 is 2.06 bits per heavy atom. The Balaban J connectivity index is 2.18. The molecule has 3 N–H and O–H groups in total. The molecule has 2 rings (SSSR count). The molecule has 0 radical (unpaired) electrons. The molecule has 1 fully saturated rings. The molecule has 0 amide bonds. The number of nitrogens with zero attached hydrogens (tertiary/aromatic N) is 1. The predicted molar refractivity (Wildman–Crippen MR) is 72.9 cm³/mol. The minimum Gasteiger partial charge on any atom is -0.396 e. The van der Waals surface area contributed by atoms with E-state index < -0.39 is 0 Å². The van der Waals surface area contributed by atoms with Crippen LogP contribution in [0.15, 0.2) is 12.1 Å². The zero-order valence-electron chi connectivity index (χ0n) is 11.1. The van der Waals surface area contributed by atoms with Crippen LogP contribution in [0.4, 0.5) is 5.69 Å². The molecule has 0 unspecified atom stereocenters. The van der Waals surface area contributed by atoms with Crippen molar-refractivity contribution in [3.8, 4) is 5.75 Å². The number of aryl methyl sites for hydroxylation is 1. The van der Waals surface area contributed by atoms with Crippen LogP contribution in [-0.4, -0.2) is 29.8 Å². The fourth-order valence-corrected chi connectivity index (χ4v) is 2.81. The summed E-state index contributed by atoms with van der Waals surface area (Å²) >= 11 is 0. The highest BCUT2D eigenvalue weighted by molar-refractivity contribution is 5.57. The van der Waals surface area contributed by atoms with E-state index in [1.165, 1.54) is 11.1 Å². The number of hydrogen-bond acceptors (Lipinski definition) is 4. The quantitative estimate of drug-likeness (QED) is 0.492. The minimum atomic E-state index is 0.369. The first kappa shape index (κ1) is 13.2. The maximum atomic E-state index is 8.82. The molecule has 18 heavy (non-hydrogen) atoms. The van der Waals surface area contributed by atoms with Crippen LogP contribution in [0, 0.1) is 6.92 Å². The molecule has 0 saturated carbocycles. The van der Waals surface area contributed by atoms with Crippen molar-refractivity contribution in [3.05, 3.63) is 23.3 Å². The zero-order chi connectivity index (χ0) is 13.1. The molecule has 4 nitrogen and oxygen atoms in total. The predicted octanol–water partition coefficient (Wildman–Crippen LogP) is 2.63. The summed E-state index contributed by atoms with van der Waals surface area (Å²) in [5.41, 5.74) is 8.71. The molecule has 1 aliphatic heterocycles. The molecule has 0 atom stereocenters. The molecular weight excluding hydrogens is 228 g/mol. The maximum Gasteiger partial charge on any atom is 0.188 e. The van der Waals surface area contributed by atoms with E-state index >= 15 is 0 Å². The van der Waals surface area contributed by atoms with Crippen molar-refractivity contribution >= 4 is 5.69 Å². The van der Waals surface area contributed by atoms with Crippen LogP contribution in [0.2, 0.25) is 0 Å². The topological polar surface area (TPSA) is 58.7 Å². The summed E-state index contributed by atoms with van der Waals surface area (Å²) in [6.45, 7) is 7.67. The highest BCUT2D eigenvalue weighted by Crippen LogP contribution is 2.35. The second-order valence-corrected chi connectivity index (χ2v) is 5.05. The summed E-state index contributed by atoms with van der Waals surface area (Å²) in [5.74, 6) is 0.913.